The van der Waals surface area contributed by atoms with E-state index in [9.17, 15) is 9.90 Å². The third kappa shape index (κ3) is 10.1. The molecule has 1 amide bonds. The molecule has 1 atom stereocenters. The van der Waals surface area contributed by atoms with Crippen LogP contribution in [0.3, 0.4) is 0 Å². The predicted octanol–water partition coefficient (Wildman–Crippen LogP) is 10.1. The maximum atomic E-state index is 12.6. The number of aromatic nitrogens is 2. The van der Waals surface area contributed by atoms with Crippen LogP contribution in [0.2, 0.25) is 15.1 Å². The lowest BCUT2D eigenvalue weighted by atomic mass is 10.1. The summed E-state index contributed by atoms with van der Waals surface area (Å²) in [6.45, 7) is 2.24. The molecule has 1 heterocycles. The molecule has 3 rings (SSSR count). The lowest BCUT2D eigenvalue weighted by Crippen LogP contribution is -2.23. The predicted molar refractivity (Wildman–Crippen MR) is 165 cm³/mol. The van der Waals surface area contributed by atoms with E-state index in [1.54, 1.807) is 18.2 Å². The standard InChI is InChI=1S/C29H36Cl4N4O2/c1-2-3-4-5-6-7-8-9-10-11-15-23(31)29(39)35-22-14-12-13-21(18-22)34-26-19-27(38)37(36-26)28-24(32)16-20(30)17-25(28)33/h12-14,16-19,23,38H,2-11,15H2,1H3,(H,34,36)(H,35,39). The largest absolute Gasteiger partial charge is 0.493 e. The van der Waals surface area contributed by atoms with Gasteiger partial charge in [-0.3, -0.25) is 4.79 Å². The highest BCUT2D eigenvalue weighted by molar-refractivity contribution is 6.40. The Kier molecular flexibility index (Phi) is 13.1. The highest BCUT2D eigenvalue weighted by Crippen LogP contribution is 2.35. The molecule has 10 heteroatoms. The molecule has 0 radical (unpaired) electrons. The van der Waals surface area contributed by atoms with Crippen molar-refractivity contribution >= 4 is 69.5 Å². The molecule has 212 valence electrons. The molecule has 0 saturated carbocycles. The first-order chi connectivity index (χ1) is 18.8. The summed E-state index contributed by atoms with van der Waals surface area (Å²) >= 11 is 24.9. The van der Waals surface area contributed by atoms with Gasteiger partial charge in [-0.15, -0.1) is 16.7 Å². The summed E-state index contributed by atoms with van der Waals surface area (Å²) in [5.74, 6) is -0.0297. The summed E-state index contributed by atoms with van der Waals surface area (Å²) in [5, 5.41) is 21.1. The molecule has 0 spiro atoms. The van der Waals surface area contributed by atoms with Crippen LogP contribution < -0.4 is 10.6 Å². The van der Waals surface area contributed by atoms with Gasteiger partial charge < -0.3 is 15.7 Å². The Bertz CT molecular complexity index is 1190. The second kappa shape index (κ2) is 16.2. The minimum atomic E-state index is -0.586. The number of aromatic hydroxyl groups is 1. The maximum Gasteiger partial charge on any atom is 0.242 e. The Hall–Kier alpha value is -2.12. The van der Waals surface area contributed by atoms with Crippen molar-refractivity contribution in [1.29, 1.82) is 0 Å². The summed E-state index contributed by atoms with van der Waals surface area (Å²) in [6.07, 6.45) is 13.0. The molecule has 0 saturated heterocycles. The number of anilines is 3. The normalized spacial score (nSPS) is 11.9. The minimum absolute atomic E-state index is 0.162. The van der Waals surface area contributed by atoms with Crippen molar-refractivity contribution in [2.75, 3.05) is 10.6 Å². The zero-order valence-corrected chi connectivity index (χ0v) is 25.2. The summed E-state index contributed by atoms with van der Waals surface area (Å²) in [5.41, 5.74) is 1.57. The monoisotopic (exact) mass is 612 g/mol. The van der Waals surface area contributed by atoms with E-state index in [4.69, 9.17) is 46.4 Å². The summed E-state index contributed by atoms with van der Waals surface area (Å²) < 4.78 is 1.22. The zero-order valence-electron chi connectivity index (χ0n) is 22.2. The first-order valence-electron chi connectivity index (χ1n) is 13.5. The number of nitrogens with zero attached hydrogens (tertiary/aromatic N) is 2. The second-order valence-electron chi connectivity index (χ2n) is 9.65. The fourth-order valence-electron chi connectivity index (χ4n) is 4.32. The van der Waals surface area contributed by atoms with Gasteiger partial charge in [0.15, 0.2) is 5.82 Å². The van der Waals surface area contributed by atoms with E-state index in [-0.39, 0.29) is 21.8 Å². The van der Waals surface area contributed by atoms with Crippen LogP contribution in [0, 0.1) is 0 Å². The van der Waals surface area contributed by atoms with E-state index in [1.807, 2.05) is 6.07 Å². The molecule has 6 nitrogen and oxygen atoms in total. The number of unbranched alkanes of at least 4 members (excludes halogenated alkanes) is 9. The van der Waals surface area contributed by atoms with E-state index in [1.165, 1.54) is 74.2 Å². The van der Waals surface area contributed by atoms with Crippen LogP contribution >= 0.6 is 46.4 Å². The van der Waals surface area contributed by atoms with E-state index in [0.29, 0.717) is 34.3 Å². The van der Waals surface area contributed by atoms with Gasteiger partial charge in [-0.25, -0.2) is 0 Å². The Morgan fingerprint density at radius 2 is 1.49 bits per heavy atom. The summed E-state index contributed by atoms with van der Waals surface area (Å²) in [7, 11) is 0. The number of halogens is 4. The molecule has 0 aliphatic rings. The maximum absolute atomic E-state index is 12.6. The summed E-state index contributed by atoms with van der Waals surface area (Å²) in [6, 6.07) is 11.6. The SMILES string of the molecule is CCCCCCCCCCCCC(Cl)C(=O)Nc1cccc(Nc2cc(O)n(-c3c(Cl)cc(Cl)cc3Cl)n2)c1. The fraction of sp³-hybridized carbons (Fsp3) is 0.448. The molecule has 0 aliphatic carbocycles. The average Bonchev–Trinajstić information content (AvgIpc) is 3.23. The van der Waals surface area contributed by atoms with Crippen LogP contribution in [-0.4, -0.2) is 26.2 Å². The first-order valence-corrected chi connectivity index (χ1v) is 15.1. The Morgan fingerprint density at radius 3 is 2.13 bits per heavy atom. The van der Waals surface area contributed by atoms with Crippen molar-refractivity contribution in [3.8, 4) is 11.6 Å². The van der Waals surface area contributed by atoms with E-state index in [0.717, 1.165) is 12.8 Å². The van der Waals surface area contributed by atoms with Crippen molar-refractivity contribution in [3.63, 3.8) is 0 Å². The fourth-order valence-corrected chi connectivity index (χ4v) is 5.50. The van der Waals surface area contributed by atoms with Gasteiger partial charge in [0.2, 0.25) is 11.8 Å². The average molecular weight is 614 g/mol. The quantitative estimate of drug-likeness (QED) is 0.111. The third-order valence-electron chi connectivity index (χ3n) is 6.38. The Labute approximate surface area is 251 Å². The van der Waals surface area contributed by atoms with Gasteiger partial charge in [0.05, 0.1) is 10.0 Å². The molecular formula is C29H36Cl4N4O2. The molecular weight excluding hydrogens is 578 g/mol. The molecule has 39 heavy (non-hydrogen) atoms. The minimum Gasteiger partial charge on any atom is -0.493 e. The van der Waals surface area contributed by atoms with Gasteiger partial charge in [0.1, 0.15) is 11.1 Å². The molecule has 0 bridgehead atoms. The zero-order chi connectivity index (χ0) is 28.2. The molecule has 0 aliphatic heterocycles. The number of alkyl halides is 1. The summed E-state index contributed by atoms with van der Waals surface area (Å²) in [4.78, 5) is 12.6. The second-order valence-corrected chi connectivity index (χ2v) is 11.4. The number of rotatable bonds is 16. The van der Waals surface area contributed by atoms with E-state index < -0.39 is 5.38 Å². The van der Waals surface area contributed by atoms with Gasteiger partial charge in [0, 0.05) is 22.5 Å². The van der Waals surface area contributed by atoms with Crippen LogP contribution in [0.25, 0.3) is 5.69 Å². The van der Waals surface area contributed by atoms with Crippen LogP contribution in [0.4, 0.5) is 17.2 Å². The smallest absolute Gasteiger partial charge is 0.242 e. The van der Waals surface area contributed by atoms with Crippen molar-refractivity contribution in [2.24, 2.45) is 0 Å². The van der Waals surface area contributed by atoms with E-state index >= 15 is 0 Å². The topological polar surface area (TPSA) is 79.2 Å². The van der Waals surface area contributed by atoms with Crippen molar-refractivity contribution in [2.45, 2.75) is 82.9 Å². The van der Waals surface area contributed by atoms with Gasteiger partial charge >= 0.3 is 0 Å². The number of carbonyl (C=O) groups is 1. The highest BCUT2D eigenvalue weighted by atomic mass is 35.5. The van der Waals surface area contributed by atoms with Gasteiger partial charge in [0.25, 0.3) is 0 Å². The number of benzene rings is 2. The van der Waals surface area contributed by atoms with Gasteiger partial charge in [-0.05, 0) is 36.8 Å². The van der Waals surface area contributed by atoms with Crippen molar-refractivity contribution < 1.29 is 9.90 Å². The van der Waals surface area contributed by atoms with Crippen molar-refractivity contribution in [3.05, 3.63) is 57.5 Å². The molecule has 1 aromatic heterocycles. The van der Waals surface area contributed by atoms with Gasteiger partial charge in [-0.1, -0.05) is 112 Å². The Morgan fingerprint density at radius 1 is 0.897 bits per heavy atom. The van der Waals surface area contributed by atoms with Crippen LogP contribution in [0.15, 0.2) is 42.5 Å². The Balaban J connectivity index is 1.47. The highest BCUT2D eigenvalue weighted by Gasteiger charge is 2.17. The number of amides is 1. The van der Waals surface area contributed by atoms with Crippen LogP contribution in [0.1, 0.15) is 77.6 Å². The molecule has 0 fully saturated rings. The molecule has 3 aromatic rings. The van der Waals surface area contributed by atoms with Crippen molar-refractivity contribution in [1.82, 2.24) is 9.78 Å². The number of hydrogen-bond acceptors (Lipinski definition) is 4. The molecule has 2 aromatic carbocycles. The number of carbonyl (C=O) groups excluding carboxylic acids is 1. The van der Waals surface area contributed by atoms with Gasteiger partial charge in [-0.2, -0.15) is 4.68 Å². The lowest BCUT2D eigenvalue weighted by molar-refractivity contribution is -0.116. The van der Waals surface area contributed by atoms with E-state index in [2.05, 4.69) is 22.7 Å². The van der Waals surface area contributed by atoms with Crippen LogP contribution in [-0.2, 0) is 4.79 Å². The molecule has 1 unspecified atom stereocenters. The lowest BCUT2D eigenvalue weighted by Gasteiger charge is -2.12. The van der Waals surface area contributed by atoms with Crippen LogP contribution in [0.5, 0.6) is 5.88 Å². The molecule has 3 N–H and O–H groups in total. The number of hydrogen-bond donors (Lipinski definition) is 3. The number of nitrogens with one attached hydrogen (secondary N) is 2. The first kappa shape index (κ1) is 31.4. The third-order valence-corrected chi connectivity index (χ3v) is 7.59.